The van der Waals surface area contributed by atoms with Crippen LogP contribution in [-0.4, -0.2) is 29.7 Å². The van der Waals surface area contributed by atoms with Crippen molar-refractivity contribution in [3.63, 3.8) is 0 Å². The standard InChI is InChI=1S/C12H19N3O2/c13-5-1-2-10-11(14-8-15-12(10)16)9-3-6-17-7-4-9/h8-9H,1-7,13H2,(H,14,15,16). The first-order valence-electron chi connectivity index (χ1n) is 6.17. The maximum Gasteiger partial charge on any atom is 0.254 e. The Labute approximate surface area is 100 Å². The van der Waals surface area contributed by atoms with Gasteiger partial charge in [0.2, 0.25) is 0 Å². The van der Waals surface area contributed by atoms with E-state index < -0.39 is 0 Å². The monoisotopic (exact) mass is 237 g/mol. The number of rotatable bonds is 4. The van der Waals surface area contributed by atoms with Crippen LogP contribution in [0.5, 0.6) is 0 Å². The molecule has 0 amide bonds. The zero-order chi connectivity index (χ0) is 12.1. The summed E-state index contributed by atoms with van der Waals surface area (Å²) in [5.41, 5.74) is 7.24. The largest absolute Gasteiger partial charge is 0.381 e. The second-order valence-corrected chi connectivity index (χ2v) is 4.37. The van der Waals surface area contributed by atoms with Gasteiger partial charge in [-0.3, -0.25) is 4.79 Å². The SMILES string of the molecule is NCCCc1c(C2CCOCC2)nc[nH]c1=O. The van der Waals surface area contributed by atoms with Crippen LogP contribution in [0.3, 0.4) is 0 Å². The molecule has 0 bridgehead atoms. The molecule has 0 atom stereocenters. The quantitative estimate of drug-likeness (QED) is 0.801. The zero-order valence-electron chi connectivity index (χ0n) is 9.95. The highest BCUT2D eigenvalue weighted by molar-refractivity contribution is 5.21. The number of hydrogen-bond acceptors (Lipinski definition) is 4. The fourth-order valence-corrected chi connectivity index (χ4v) is 2.29. The van der Waals surface area contributed by atoms with Crippen LogP contribution in [0, 0.1) is 0 Å². The number of ether oxygens (including phenoxy) is 1. The van der Waals surface area contributed by atoms with Crippen molar-refractivity contribution in [1.82, 2.24) is 9.97 Å². The summed E-state index contributed by atoms with van der Waals surface area (Å²) < 4.78 is 5.34. The van der Waals surface area contributed by atoms with Gasteiger partial charge >= 0.3 is 0 Å². The minimum Gasteiger partial charge on any atom is -0.381 e. The third kappa shape index (κ3) is 2.92. The molecule has 5 heteroatoms. The lowest BCUT2D eigenvalue weighted by Gasteiger charge is -2.23. The topological polar surface area (TPSA) is 81.0 Å². The molecule has 5 nitrogen and oxygen atoms in total. The molecule has 17 heavy (non-hydrogen) atoms. The minimum atomic E-state index is -0.0186. The van der Waals surface area contributed by atoms with E-state index >= 15 is 0 Å². The van der Waals surface area contributed by atoms with Gasteiger partial charge in [0, 0.05) is 24.7 Å². The molecule has 1 fully saturated rings. The highest BCUT2D eigenvalue weighted by Crippen LogP contribution is 2.26. The average Bonchev–Trinajstić information content (AvgIpc) is 2.38. The van der Waals surface area contributed by atoms with Gasteiger partial charge in [-0.15, -0.1) is 0 Å². The van der Waals surface area contributed by atoms with Gasteiger partial charge in [0.05, 0.1) is 12.0 Å². The molecule has 1 aromatic rings. The summed E-state index contributed by atoms with van der Waals surface area (Å²) in [6.07, 6.45) is 4.94. The van der Waals surface area contributed by atoms with E-state index in [1.807, 2.05) is 0 Å². The number of aromatic amines is 1. The molecule has 0 aromatic carbocycles. The van der Waals surface area contributed by atoms with Crippen LogP contribution in [0.1, 0.15) is 36.4 Å². The number of nitrogens with two attached hydrogens (primary N) is 1. The van der Waals surface area contributed by atoms with E-state index in [0.717, 1.165) is 43.7 Å². The number of nitrogens with one attached hydrogen (secondary N) is 1. The van der Waals surface area contributed by atoms with Gasteiger partial charge in [-0.2, -0.15) is 0 Å². The molecule has 94 valence electrons. The first-order chi connectivity index (χ1) is 8.33. The summed E-state index contributed by atoms with van der Waals surface area (Å²) in [6, 6.07) is 0. The van der Waals surface area contributed by atoms with E-state index in [4.69, 9.17) is 10.5 Å². The Balaban J connectivity index is 2.24. The van der Waals surface area contributed by atoms with E-state index in [1.165, 1.54) is 6.33 Å². The van der Waals surface area contributed by atoms with Crippen LogP contribution < -0.4 is 11.3 Å². The molecule has 0 radical (unpaired) electrons. The number of aromatic nitrogens is 2. The predicted octanol–water partition coefficient (Wildman–Crippen LogP) is 0.555. The van der Waals surface area contributed by atoms with Gasteiger partial charge in [0.15, 0.2) is 0 Å². The Morgan fingerprint density at radius 1 is 1.47 bits per heavy atom. The minimum absolute atomic E-state index is 0.0186. The third-order valence-electron chi connectivity index (χ3n) is 3.22. The van der Waals surface area contributed by atoms with Crippen molar-refractivity contribution < 1.29 is 4.74 Å². The Bertz CT molecular complexity index is 410. The molecular weight excluding hydrogens is 218 g/mol. The summed E-state index contributed by atoms with van der Waals surface area (Å²) in [5, 5.41) is 0. The highest BCUT2D eigenvalue weighted by Gasteiger charge is 2.21. The summed E-state index contributed by atoms with van der Waals surface area (Å²) in [7, 11) is 0. The lowest BCUT2D eigenvalue weighted by molar-refractivity contribution is 0.0842. The Morgan fingerprint density at radius 2 is 2.24 bits per heavy atom. The van der Waals surface area contributed by atoms with Crippen molar-refractivity contribution in [2.45, 2.75) is 31.6 Å². The first kappa shape index (κ1) is 12.3. The fraction of sp³-hybridized carbons (Fsp3) is 0.667. The molecule has 2 heterocycles. The number of H-pyrrole nitrogens is 1. The van der Waals surface area contributed by atoms with E-state index in [2.05, 4.69) is 9.97 Å². The maximum atomic E-state index is 11.8. The van der Waals surface area contributed by atoms with Crippen LogP contribution in [0.25, 0.3) is 0 Å². The molecule has 1 aliphatic rings. The van der Waals surface area contributed by atoms with Gasteiger partial charge in [-0.1, -0.05) is 0 Å². The second-order valence-electron chi connectivity index (χ2n) is 4.37. The van der Waals surface area contributed by atoms with E-state index in [1.54, 1.807) is 0 Å². The van der Waals surface area contributed by atoms with Crippen molar-refractivity contribution in [2.24, 2.45) is 5.73 Å². The van der Waals surface area contributed by atoms with Gasteiger partial charge in [0.25, 0.3) is 5.56 Å². The molecule has 0 aliphatic carbocycles. The van der Waals surface area contributed by atoms with Crippen molar-refractivity contribution in [3.8, 4) is 0 Å². The average molecular weight is 237 g/mol. The zero-order valence-corrected chi connectivity index (χ0v) is 9.95. The van der Waals surface area contributed by atoms with Crippen LogP contribution in [-0.2, 0) is 11.2 Å². The molecule has 1 aliphatic heterocycles. The summed E-state index contributed by atoms with van der Waals surface area (Å²) in [5.74, 6) is 0.360. The second kappa shape index (κ2) is 5.93. The van der Waals surface area contributed by atoms with Gasteiger partial charge in [-0.05, 0) is 32.2 Å². The molecular formula is C12H19N3O2. The molecule has 2 rings (SSSR count). The Morgan fingerprint density at radius 3 is 2.94 bits per heavy atom. The van der Waals surface area contributed by atoms with Gasteiger partial charge in [-0.25, -0.2) is 4.98 Å². The molecule has 3 N–H and O–H groups in total. The van der Waals surface area contributed by atoms with Gasteiger partial charge in [0.1, 0.15) is 0 Å². The van der Waals surface area contributed by atoms with Crippen molar-refractivity contribution in [1.29, 1.82) is 0 Å². The van der Waals surface area contributed by atoms with Crippen molar-refractivity contribution in [3.05, 3.63) is 27.9 Å². The lowest BCUT2D eigenvalue weighted by Crippen LogP contribution is -2.23. The number of hydrogen-bond donors (Lipinski definition) is 2. The number of nitrogens with zero attached hydrogens (tertiary/aromatic N) is 1. The summed E-state index contributed by atoms with van der Waals surface area (Å²) in [6.45, 7) is 2.12. The maximum absolute atomic E-state index is 11.8. The van der Waals surface area contributed by atoms with Crippen molar-refractivity contribution in [2.75, 3.05) is 19.8 Å². The smallest absolute Gasteiger partial charge is 0.254 e. The molecule has 1 aromatic heterocycles. The first-order valence-corrected chi connectivity index (χ1v) is 6.17. The molecule has 1 saturated heterocycles. The van der Waals surface area contributed by atoms with E-state index in [0.29, 0.717) is 18.9 Å². The Kier molecular flexibility index (Phi) is 4.28. The van der Waals surface area contributed by atoms with Crippen LogP contribution >= 0.6 is 0 Å². The fourth-order valence-electron chi connectivity index (χ4n) is 2.29. The van der Waals surface area contributed by atoms with Crippen LogP contribution in [0.4, 0.5) is 0 Å². The third-order valence-corrected chi connectivity index (χ3v) is 3.22. The Hall–Kier alpha value is -1.20. The van der Waals surface area contributed by atoms with Crippen LogP contribution in [0.15, 0.2) is 11.1 Å². The van der Waals surface area contributed by atoms with E-state index in [9.17, 15) is 4.79 Å². The summed E-state index contributed by atoms with van der Waals surface area (Å²) >= 11 is 0. The molecule has 0 unspecified atom stereocenters. The van der Waals surface area contributed by atoms with Crippen molar-refractivity contribution >= 4 is 0 Å². The van der Waals surface area contributed by atoms with Gasteiger partial charge < -0.3 is 15.5 Å². The molecule has 0 saturated carbocycles. The van der Waals surface area contributed by atoms with Crippen LogP contribution in [0.2, 0.25) is 0 Å². The summed E-state index contributed by atoms with van der Waals surface area (Å²) in [4.78, 5) is 18.8. The van der Waals surface area contributed by atoms with E-state index in [-0.39, 0.29) is 5.56 Å². The molecule has 0 spiro atoms. The predicted molar refractivity (Wildman–Crippen MR) is 65.0 cm³/mol. The lowest BCUT2D eigenvalue weighted by atomic mass is 9.92. The highest BCUT2D eigenvalue weighted by atomic mass is 16.5. The normalized spacial score (nSPS) is 17.2.